The van der Waals surface area contributed by atoms with Crippen LogP contribution >= 0.6 is 0 Å². The van der Waals surface area contributed by atoms with E-state index >= 15 is 0 Å². The van der Waals surface area contributed by atoms with Crippen LogP contribution in [0.4, 0.5) is 0 Å². The van der Waals surface area contributed by atoms with Gasteiger partial charge in [-0.05, 0) is 92.5 Å². The summed E-state index contributed by atoms with van der Waals surface area (Å²) >= 11 is 0. The van der Waals surface area contributed by atoms with E-state index in [0.717, 1.165) is 61.2 Å². The van der Waals surface area contributed by atoms with E-state index in [4.69, 9.17) is 10.2 Å². The molecule has 0 radical (unpaired) electrons. The van der Waals surface area contributed by atoms with Crippen LogP contribution in [-0.2, 0) is 0 Å². The van der Waals surface area contributed by atoms with Crippen molar-refractivity contribution in [3.8, 4) is 72.4 Å². The molecule has 0 amide bonds. The topological polar surface area (TPSA) is 56.5 Å². The molecule has 3 aromatic heterocycles. The lowest BCUT2D eigenvalue weighted by Gasteiger charge is -2.10. The minimum absolute atomic E-state index is 0.816. The van der Waals surface area contributed by atoms with E-state index in [-0.39, 0.29) is 0 Å². The van der Waals surface area contributed by atoms with Gasteiger partial charge in [0.15, 0.2) is 0 Å². The van der Waals surface area contributed by atoms with Gasteiger partial charge in [-0.2, -0.15) is 4.80 Å². The third kappa shape index (κ3) is 6.09. The lowest BCUT2D eigenvalue weighted by atomic mass is 9.95. The molecule has 5 heteroatoms. The average Bonchev–Trinajstić information content (AvgIpc) is 3.66. The summed E-state index contributed by atoms with van der Waals surface area (Å²) in [6, 6.07) is 57.2. The fourth-order valence-corrected chi connectivity index (χ4v) is 6.61. The summed E-state index contributed by atoms with van der Waals surface area (Å²) in [5.74, 6) is 0. The number of pyridine rings is 2. The largest absolute Gasteiger partial charge is 0.264 e. The lowest BCUT2D eigenvalue weighted by molar-refractivity contribution is 0.766. The van der Waals surface area contributed by atoms with Gasteiger partial charge >= 0.3 is 0 Å². The number of rotatable bonds is 7. The van der Waals surface area contributed by atoms with E-state index in [1.54, 1.807) is 17.2 Å². The standard InChI is InChI=1S/C46H31N5/c1-3-9-32(10-4-1)34-15-17-36(18-16-34)42-28-44(37-21-19-35(20-22-37)33-11-5-2-6-12-33)46-45(29-42)49-51(50-46)43-26-40(38-13-7-23-47-30-38)25-41(27-43)39-14-8-24-48-31-39/h1-31H. The molecule has 6 aromatic carbocycles. The molecule has 0 aliphatic heterocycles. The van der Waals surface area contributed by atoms with Crippen molar-refractivity contribution in [2.45, 2.75) is 0 Å². The predicted octanol–water partition coefficient (Wildman–Crippen LogP) is 11.2. The van der Waals surface area contributed by atoms with Crippen LogP contribution < -0.4 is 0 Å². The van der Waals surface area contributed by atoms with Crippen molar-refractivity contribution in [2.75, 3.05) is 0 Å². The molecule has 0 fully saturated rings. The molecule has 51 heavy (non-hydrogen) atoms. The first-order valence-electron chi connectivity index (χ1n) is 16.9. The van der Waals surface area contributed by atoms with Gasteiger partial charge in [-0.25, -0.2) is 0 Å². The van der Waals surface area contributed by atoms with Crippen LogP contribution in [0.3, 0.4) is 0 Å². The smallest absolute Gasteiger partial charge is 0.121 e. The molecule has 240 valence electrons. The minimum atomic E-state index is 0.816. The van der Waals surface area contributed by atoms with E-state index in [1.165, 1.54) is 22.3 Å². The Morgan fingerprint density at radius 3 is 1.29 bits per heavy atom. The van der Waals surface area contributed by atoms with Crippen LogP contribution in [0.5, 0.6) is 0 Å². The average molecular weight is 654 g/mol. The van der Waals surface area contributed by atoms with Gasteiger partial charge in [0.1, 0.15) is 11.0 Å². The van der Waals surface area contributed by atoms with Gasteiger partial charge in [0.05, 0.1) is 5.69 Å². The second-order valence-electron chi connectivity index (χ2n) is 12.5. The summed E-state index contributed by atoms with van der Waals surface area (Å²) in [6.07, 6.45) is 7.34. The zero-order chi connectivity index (χ0) is 34.0. The summed E-state index contributed by atoms with van der Waals surface area (Å²) in [7, 11) is 0. The summed E-state index contributed by atoms with van der Waals surface area (Å²) in [4.78, 5) is 10.5. The first-order chi connectivity index (χ1) is 25.2. The highest BCUT2D eigenvalue weighted by Gasteiger charge is 2.16. The predicted molar refractivity (Wildman–Crippen MR) is 207 cm³/mol. The number of benzene rings is 6. The molecule has 3 heterocycles. The number of nitrogens with zero attached hydrogens (tertiary/aromatic N) is 5. The van der Waals surface area contributed by atoms with Crippen molar-refractivity contribution in [1.29, 1.82) is 0 Å². The van der Waals surface area contributed by atoms with Crippen LogP contribution in [0.2, 0.25) is 0 Å². The van der Waals surface area contributed by atoms with Gasteiger partial charge < -0.3 is 0 Å². The van der Waals surface area contributed by atoms with E-state index in [0.29, 0.717) is 0 Å². The molecule has 0 atom stereocenters. The molecule has 0 saturated heterocycles. The van der Waals surface area contributed by atoms with Gasteiger partial charge in [0.2, 0.25) is 0 Å². The van der Waals surface area contributed by atoms with E-state index in [2.05, 4.69) is 149 Å². The highest BCUT2D eigenvalue weighted by Crippen LogP contribution is 2.36. The Bertz CT molecular complexity index is 2520. The zero-order valence-electron chi connectivity index (χ0n) is 27.6. The number of hydrogen-bond acceptors (Lipinski definition) is 4. The second-order valence-corrected chi connectivity index (χ2v) is 12.5. The third-order valence-electron chi connectivity index (χ3n) is 9.25. The Morgan fingerprint density at radius 1 is 0.333 bits per heavy atom. The molecule has 0 unspecified atom stereocenters. The first-order valence-corrected chi connectivity index (χ1v) is 16.9. The molecule has 0 N–H and O–H groups in total. The SMILES string of the molecule is c1ccc(-c2ccc(-c3cc(-c4ccc(-c5ccccc5)cc4)c4nn(-c5cc(-c6cccnc6)cc(-c6cccnc6)c5)nc4c3)cc2)cc1. The molecule has 0 aliphatic rings. The molecule has 0 bridgehead atoms. The van der Waals surface area contributed by atoms with Crippen molar-refractivity contribution in [3.05, 3.63) is 189 Å². The van der Waals surface area contributed by atoms with Gasteiger partial charge in [-0.3, -0.25) is 9.97 Å². The first kappa shape index (κ1) is 30.1. The maximum absolute atomic E-state index is 5.17. The molecular weight excluding hydrogens is 623 g/mol. The maximum Gasteiger partial charge on any atom is 0.121 e. The van der Waals surface area contributed by atoms with Gasteiger partial charge in [-0.1, -0.05) is 121 Å². The van der Waals surface area contributed by atoms with Gasteiger partial charge in [-0.15, -0.1) is 10.2 Å². The van der Waals surface area contributed by atoms with Crippen LogP contribution in [0, 0.1) is 0 Å². The summed E-state index contributed by atoms with van der Waals surface area (Å²) in [6.45, 7) is 0. The Labute approximate surface area is 296 Å². The molecule has 9 rings (SSSR count). The second kappa shape index (κ2) is 13.1. The highest BCUT2D eigenvalue weighted by atomic mass is 15.5. The van der Waals surface area contributed by atoms with Crippen LogP contribution in [0.15, 0.2) is 189 Å². The van der Waals surface area contributed by atoms with Crippen molar-refractivity contribution in [2.24, 2.45) is 0 Å². The van der Waals surface area contributed by atoms with E-state index < -0.39 is 0 Å². The monoisotopic (exact) mass is 653 g/mol. The zero-order valence-corrected chi connectivity index (χ0v) is 27.6. The molecule has 0 saturated carbocycles. The Morgan fingerprint density at radius 2 is 0.784 bits per heavy atom. The molecule has 0 aliphatic carbocycles. The normalized spacial score (nSPS) is 11.1. The Balaban J connectivity index is 1.20. The van der Waals surface area contributed by atoms with Crippen molar-refractivity contribution < 1.29 is 0 Å². The van der Waals surface area contributed by atoms with Crippen LogP contribution in [0.25, 0.3) is 83.5 Å². The Kier molecular flexibility index (Phi) is 7.76. The summed E-state index contributed by atoms with van der Waals surface area (Å²) in [5.41, 5.74) is 15.6. The Hall–Kier alpha value is -6.98. The molecule has 0 spiro atoms. The lowest BCUT2D eigenvalue weighted by Crippen LogP contribution is -2.00. The minimum Gasteiger partial charge on any atom is -0.264 e. The maximum atomic E-state index is 5.17. The quantitative estimate of drug-likeness (QED) is 0.172. The summed E-state index contributed by atoms with van der Waals surface area (Å²) in [5, 5.41) is 10.3. The molecule has 9 aromatic rings. The fraction of sp³-hybridized carbons (Fsp3) is 0. The van der Waals surface area contributed by atoms with Crippen LogP contribution in [0.1, 0.15) is 0 Å². The molecular formula is C46H31N5. The number of hydrogen-bond donors (Lipinski definition) is 0. The summed E-state index contributed by atoms with van der Waals surface area (Å²) < 4.78 is 0. The number of fused-ring (bicyclic) bond motifs is 1. The van der Waals surface area contributed by atoms with Crippen molar-refractivity contribution >= 4 is 11.0 Å². The third-order valence-corrected chi connectivity index (χ3v) is 9.25. The molecule has 5 nitrogen and oxygen atoms in total. The van der Waals surface area contributed by atoms with Crippen LogP contribution in [-0.4, -0.2) is 25.0 Å². The van der Waals surface area contributed by atoms with Gasteiger partial charge in [0, 0.05) is 41.5 Å². The van der Waals surface area contributed by atoms with Crippen molar-refractivity contribution in [1.82, 2.24) is 25.0 Å². The fourth-order valence-electron chi connectivity index (χ4n) is 6.61. The van der Waals surface area contributed by atoms with Crippen molar-refractivity contribution in [3.63, 3.8) is 0 Å². The van der Waals surface area contributed by atoms with E-state index in [1.807, 2.05) is 36.7 Å². The highest BCUT2D eigenvalue weighted by molar-refractivity contribution is 5.96. The van der Waals surface area contributed by atoms with Gasteiger partial charge in [0.25, 0.3) is 0 Å². The number of aromatic nitrogens is 5. The van der Waals surface area contributed by atoms with E-state index in [9.17, 15) is 0 Å².